The van der Waals surface area contributed by atoms with Gasteiger partial charge in [-0.1, -0.05) is 6.07 Å². The first-order valence-corrected chi connectivity index (χ1v) is 9.74. The largest absolute Gasteiger partial charge is 0.493 e. The summed E-state index contributed by atoms with van der Waals surface area (Å²) in [6.07, 6.45) is -7.42. The highest BCUT2D eigenvalue weighted by molar-refractivity contribution is 5.95. The maximum Gasteiger partial charge on any atom is 0.417 e. The first-order chi connectivity index (χ1) is 15.4. The number of ether oxygens (including phenoxy) is 2. The fraction of sp³-hybridized carbons (Fsp3) is 0.429. The molecule has 0 saturated carbocycles. The molecule has 1 fully saturated rings. The lowest BCUT2D eigenvalue weighted by atomic mass is 9.85. The second-order valence-electron chi connectivity index (χ2n) is 7.72. The first kappa shape index (κ1) is 24.8. The number of hydrogen-bond acceptors (Lipinski definition) is 6. The second-order valence-corrected chi connectivity index (χ2v) is 7.72. The number of nitrogens with one attached hydrogen (secondary N) is 1. The predicted molar refractivity (Wildman–Crippen MR) is 105 cm³/mol. The topological polar surface area (TPSA) is 101 Å². The number of anilines is 1. The third-order valence-electron chi connectivity index (χ3n) is 5.47. The minimum atomic E-state index is -4.85. The molecule has 3 rings (SSSR count). The molecule has 0 radical (unpaired) electrons. The van der Waals surface area contributed by atoms with Gasteiger partial charge >= 0.3 is 6.18 Å². The Morgan fingerprint density at radius 2 is 2.03 bits per heavy atom. The average Bonchev–Trinajstić information content (AvgIpc) is 3.14. The second kappa shape index (κ2) is 9.20. The number of pyridine rings is 1. The van der Waals surface area contributed by atoms with Crippen molar-refractivity contribution >= 4 is 11.6 Å². The van der Waals surface area contributed by atoms with E-state index in [1.165, 1.54) is 12.1 Å². The highest BCUT2D eigenvalue weighted by atomic mass is 19.4. The zero-order valence-corrected chi connectivity index (χ0v) is 17.5. The van der Waals surface area contributed by atoms with E-state index in [1.54, 1.807) is 0 Å². The minimum absolute atomic E-state index is 0.0779. The molecule has 0 aliphatic carbocycles. The van der Waals surface area contributed by atoms with Crippen molar-refractivity contribution in [3.05, 3.63) is 53.4 Å². The van der Waals surface area contributed by atoms with Crippen molar-refractivity contribution in [3.63, 3.8) is 0 Å². The molecule has 1 aliphatic rings. The van der Waals surface area contributed by atoms with E-state index in [4.69, 9.17) is 14.6 Å². The highest BCUT2D eigenvalue weighted by Gasteiger charge is 2.61. The van der Waals surface area contributed by atoms with Crippen molar-refractivity contribution in [1.29, 1.82) is 0 Å². The number of hydrogen-bond donors (Lipinski definition) is 3. The number of carbonyl (C=O) groups excluding carboxylic acids is 1. The summed E-state index contributed by atoms with van der Waals surface area (Å²) >= 11 is 0. The smallest absolute Gasteiger partial charge is 0.417 e. The van der Waals surface area contributed by atoms with Gasteiger partial charge in [0.1, 0.15) is 12.2 Å². The lowest BCUT2D eigenvalue weighted by Gasteiger charge is -2.27. The summed E-state index contributed by atoms with van der Waals surface area (Å²) in [7, 11) is 1.03. The van der Waals surface area contributed by atoms with E-state index in [1.807, 2.05) is 0 Å². The Morgan fingerprint density at radius 3 is 2.58 bits per heavy atom. The van der Waals surface area contributed by atoms with E-state index < -0.39 is 66.2 Å². The fourth-order valence-electron chi connectivity index (χ4n) is 3.66. The third-order valence-corrected chi connectivity index (χ3v) is 5.47. The Labute approximate surface area is 185 Å². The number of methoxy groups -OCH3 is 1. The van der Waals surface area contributed by atoms with Gasteiger partial charge in [-0.05, 0) is 31.5 Å². The average molecular weight is 476 g/mol. The van der Waals surface area contributed by atoms with Gasteiger partial charge in [0.05, 0.1) is 31.3 Å². The van der Waals surface area contributed by atoms with Gasteiger partial charge in [-0.3, -0.25) is 9.78 Å². The van der Waals surface area contributed by atoms with Crippen LogP contribution in [-0.4, -0.2) is 52.7 Å². The number of alkyl halides is 3. The minimum Gasteiger partial charge on any atom is -0.493 e. The van der Waals surface area contributed by atoms with Crippen molar-refractivity contribution < 1.29 is 46.4 Å². The summed E-state index contributed by atoms with van der Waals surface area (Å²) < 4.78 is 79.0. The fourth-order valence-corrected chi connectivity index (χ4v) is 3.66. The van der Waals surface area contributed by atoms with Crippen LogP contribution in [0.5, 0.6) is 5.75 Å². The summed E-state index contributed by atoms with van der Waals surface area (Å²) in [5, 5.41) is 20.9. The van der Waals surface area contributed by atoms with Crippen LogP contribution < -0.4 is 10.1 Å². The molecule has 1 aromatic carbocycles. The number of nitrogens with zero attached hydrogens (tertiary/aromatic N) is 1. The SMILES string of the molecule is COc1c(C2CC(C)(C(F)(F)F)OC2C(=O)Nc2ccc(C(O)CO)nc2)ccc(F)c1F. The maximum atomic E-state index is 14.2. The standard InChI is InChI=1S/C21H21F5N2O5/c1-20(21(24,25)26)7-12(11-4-5-13(22)16(23)17(11)32-2)18(33-20)19(31)28-10-3-6-14(27-8-10)15(30)9-29/h3-6,8,12,15,18,29-30H,7,9H2,1-2H3,(H,28,31). The number of halogens is 5. The number of rotatable bonds is 6. The summed E-state index contributed by atoms with van der Waals surface area (Å²) in [4.78, 5) is 16.8. The maximum absolute atomic E-state index is 14.2. The Hall–Kier alpha value is -2.83. The molecule has 0 bridgehead atoms. The zero-order valence-electron chi connectivity index (χ0n) is 17.5. The molecule has 0 spiro atoms. The van der Waals surface area contributed by atoms with Crippen molar-refractivity contribution in [2.24, 2.45) is 0 Å². The van der Waals surface area contributed by atoms with Gasteiger partial charge in [0.2, 0.25) is 5.82 Å². The molecule has 2 heterocycles. The van der Waals surface area contributed by atoms with Gasteiger partial charge in [0.25, 0.3) is 5.91 Å². The van der Waals surface area contributed by atoms with Crippen molar-refractivity contribution in [1.82, 2.24) is 4.98 Å². The Kier molecular flexibility index (Phi) is 6.91. The van der Waals surface area contributed by atoms with Crippen LogP contribution in [-0.2, 0) is 9.53 Å². The molecular formula is C21H21F5N2O5. The summed E-state index contributed by atoms with van der Waals surface area (Å²) in [5.74, 6) is -5.55. The lowest BCUT2D eigenvalue weighted by molar-refractivity contribution is -0.261. The molecule has 1 aliphatic heterocycles. The van der Waals surface area contributed by atoms with Crippen LogP contribution in [0.3, 0.4) is 0 Å². The number of aliphatic hydroxyl groups excluding tert-OH is 2. The molecule has 3 N–H and O–H groups in total. The van der Waals surface area contributed by atoms with Crippen LogP contribution in [0.15, 0.2) is 30.5 Å². The first-order valence-electron chi connectivity index (χ1n) is 9.74. The number of aromatic nitrogens is 1. The lowest BCUT2D eigenvalue weighted by Crippen LogP contribution is -2.43. The molecule has 4 atom stereocenters. The summed E-state index contributed by atoms with van der Waals surface area (Å²) in [5.41, 5.74) is -2.69. The molecule has 2 aromatic rings. The number of benzene rings is 1. The van der Waals surface area contributed by atoms with Crippen LogP contribution in [0.4, 0.5) is 27.6 Å². The van der Waals surface area contributed by atoms with Gasteiger partial charge in [0.15, 0.2) is 17.2 Å². The van der Waals surface area contributed by atoms with Gasteiger partial charge in [-0.25, -0.2) is 4.39 Å². The molecule has 1 aromatic heterocycles. The predicted octanol–water partition coefficient (Wildman–Crippen LogP) is 3.23. The molecule has 7 nitrogen and oxygen atoms in total. The van der Waals surface area contributed by atoms with Crippen LogP contribution in [0.2, 0.25) is 0 Å². The van der Waals surface area contributed by atoms with E-state index >= 15 is 0 Å². The van der Waals surface area contributed by atoms with E-state index in [-0.39, 0.29) is 16.9 Å². The van der Waals surface area contributed by atoms with E-state index in [0.717, 1.165) is 32.4 Å². The molecule has 180 valence electrons. The molecule has 4 unspecified atom stereocenters. The highest BCUT2D eigenvalue weighted by Crippen LogP contribution is 2.51. The number of amides is 1. The van der Waals surface area contributed by atoms with Crippen molar-refractivity contribution in [3.8, 4) is 5.75 Å². The number of carbonyl (C=O) groups is 1. The van der Waals surface area contributed by atoms with Crippen molar-refractivity contribution in [2.45, 2.75) is 43.2 Å². The summed E-state index contributed by atoms with van der Waals surface area (Å²) in [6.45, 7) is 0.189. The van der Waals surface area contributed by atoms with E-state index in [9.17, 15) is 31.9 Å². The van der Waals surface area contributed by atoms with Gasteiger partial charge in [-0.2, -0.15) is 17.6 Å². The molecular weight excluding hydrogens is 455 g/mol. The van der Waals surface area contributed by atoms with Crippen LogP contribution in [0.25, 0.3) is 0 Å². The Morgan fingerprint density at radius 1 is 1.33 bits per heavy atom. The number of aliphatic hydroxyl groups is 2. The summed E-state index contributed by atoms with van der Waals surface area (Å²) in [6, 6.07) is 4.42. The van der Waals surface area contributed by atoms with Crippen LogP contribution in [0, 0.1) is 11.6 Å². The van der Waals surface area contributed by atoms with Crippen molar-refractivity contribution in [2.75, 3.05) is 19.0 Å². The van der Waals surface area contributed by atoms with Gasteiger partial charge in [-0.15, -0.1) is 0 Å². The monoisotopic (exact) mass is 476 g/mol. The quantitative estimate of drug-likeness (QED) is 0.554. The van der Waals surface area contributed by atoms with Crippen LogP contribution >= 0.6 is 0 Å². The Balaban J connectivity index is 1.95. The van der Waals surface area contributed by atoms with Gasteiger partial charge in [0, 0.05) is 11.5 Å². The van der Waals surface area contributed by atoms with Gasteiger partial charge < -0.3 is 25.0 Å². The molecule has 1 saturated heterocycles. The van der Waals surface area contributed by atoms with E-state index in [2.05, 4.69) is 10.3 Å². The molecule has 33 heavy (non-hydrogen) atoms. The molecule has 1 amide bonds. The molecule has 12 heteroatoms. The van der Waals surface area contributed by atoms with E-state index in [0.29, 0.717) is 0 Å². The van der Waals surface area contributed by atoms with Crippen LogP contribution in [0.1, 0.15) is 36.6 Å². The Bertz CT molecular complexity index is 1020. The zero-order chi connectivity index (χ0) is 24.6. The normalized spacial score (nSPS) is 23.9. The third kappa shape index (κ3) is 4.77.